The number of nitrogens with zero attached hydrogens (tertiary/aromatic N) is 2. The van der Waals surface area contributed by atoms with Gasteiger partial charge in [0.15, 0.2) is 0 Å². The van der Waals surface area contributed by atoms with Gasteiger partial charge < -0.3 is 5.32 Å². The summed E-state index contributed by atoms with van der Waals surface area (Å²) in [5.74, 6) is -0.0495. The first-order chi connectivity index (χ1) is 9.33. The van der Waals surface area contributed by atoms with Crippen LogP contribution in [0.4, 0.5) is 0 Å². The minimum atomic E-state index is -0.0495. The molecule has 0 aromatic carbocycles. The van der Waals surface area contributed by atoms with Crippen LogP contribution < -0.4 is 5.32 Å². The highest BCUT2D eigenvalue weighted by atomic mass is 32.1. The first-order valence-corrected chi connectivity index (χ1v) is 7.30. The maximum absolute atomic E-state index is 11.8. The van der Waals surface area contributed by atoms with Crippen LogP contribution in [0.3, 0.4) is 0 Å². The number of carbonyl (C=O) groups excluding carboxylic acids is 1. The van der Waals surface area contributed by atoms with Crippen molar-refractivity contribution in [1.29, 1.82) is 0 Å². The molecule has 0 atom stereocenters. The fourth-order valence-corrected chi connectivity index (χ4v) is 3.40. The lowest BCUT2D eigenvalue weighted by Gasteiger charge is -2.03. The van der Waals surface area contributed by atoms with Gasteiger partial charge in [-0.05, 0) is 31.4 Å². The Labute approximate surface area is 115 Å². The molecule has 0 bridgehead atoms. The van der Waals surface area contributed by atoms with E-state index in [0.29, 0.717) is 12.1 Å². The van der Waals surface area contributed by atoms with E-state index >= 15 is 0 Å². The number of nitrogens with one attached hydrogen (secondary N) is 1. The molecule has 3 rings (SSSR count). The summed E-state index contributed by atoms with van der Waals surface area (Å²) in [6.07, 6.45) is 7.61. The van der Waals surface area contributed by atoms with Gasteiger partial charge in [0.2, 0.25) is 0 Å². The number of rotatable bonds is 4. The van der Waals surface area contributed by atoms with Crippen molar-refractivity contribution in [2.24, 2.45) is 0 Å². The van der Waals surface area contributed by atoms with Crippen molar-refractivity contribution in [3.63, 3.8) is 0 Å². The quantitative estimate of drug-likeness (QED) is 0.927. The third kappa shape index (κ3) is 2.81. The number of aryl methyl sites for hydroxylation is 2. The van der Waals surface area contributed by atoms with Gasteiger partial charge in [0.25, 0.3) is 5.91 Å². The third-order valence-electron chi connectivity index (χ3n) is 3.21. The first-order valence-electron chi connectivity index (χ1n) is 6.48. The standard InChI is InChI=1S/C14H15N3OS/c18-14(10-4-7-15-8-5-10)16-9-6-13-17-11-2-1-3-12(11)19-13/h4-5,7-8H,1-3,6,9H2,(H,16,18). The SMILES string of the molecule is O=C(NCCc1nc2c(s1)CCC2)c1ccncc1. The summed E-state index contributed by atoms with van der Waals surface area (Å²) in [7, 11) is 0. The van der Waals surface area contributed by atoms with Gasteiger partial charge in [-0.15, -0.1) is 11.3 Å². The Bertz CT molecular complexity index is 558. The minimum Gasteiger partial charge on any atom is -0.352 e. The van der Waals surface area contributed by atoms with Crippen LogP contribution in [0, 0.1) is 0 Å². The van der Waals surface area contributed by atoms with Gasteiger partial charge >= 0.3 is 0 Å². The molecule has 0 fully saturated rings. The molecule has 0 radical (unpaired) electrons. The van der Waals surface area contributed by atoms with Crippen LogP contribution in [-0.2, 0) is 19.3 Å². The zero-order chi connectivity index (χ0) is 13.1. The highest BCUT2D eigenvalue weighted by molar-refractivity contribution is 7.11. The molecule has 0 spiro atoms. The van der Waals surface area contributed by atoms with Crippen molar-refractivity contribution >= 4 is 17.2 Å². The van der Waals surface area contributed by atoms with E-state index in [4.69, 9.17) is 0 Å². The molecule has 2 aromatic heterocycles. The Morgan fingerprint density at radius 3 is 2.95 bits per heavy atom. The maximum Gasteiger partial charge on any atom is 0.251 e. The van der Waals surface area contributed by atoms with Crippen molar-refractivity contribution in [1.82, 2.24) is 15.3 Å². The zero-order valence-corrected chi connectivity index (χ0v) is 11.4. The van der Waals surface area contributed by atoms with Gasteiger partial charge in [0, 0.05) is 35.8 Å². The molecule has 5 heteroatoms. The van der Waals surface area contributed by atoms with Crippen LogP contribution in [0.15, 0.2) is 24.5 Å². The zero-order valence-electron chi connectivity index (χ0n) is 10.6. The van der Waals surface area contributed by atoms with Crippen LogP contribution in [-0.4, -0.2) is 22.4 Å². The lowest BCUT2D eigenvalue weighted by Crippen LogP contribution is -2.25. The Kier molecular flexibility index (Phi) is 3.55. The Morgan fingerprint density at radius 2 is 2.16 bits per heavy atom. The molecule has 0 unspecified atom stereocenters. The molecular weight excluding hydrogens is 258 g/mol. The van der Waals surface area contributed by atoms with E-state index in [-0.39, 0.29) is 5.91 Å². The molecule has 19 heavy (non-hydrogen) atoms. The Morgan fingerprint density at radius 1 is 1.32 bits per heavy atom. The fraction of sp³-hybridized carbons (Fsp3) is 0.357. The largest absolute Gasteiger partial charge is 0.352 e. The van der Waals surface area contributed by atoms with Gasteiger partial charge in [-0.2, -0.15) is 0 Å². The van der Waals surface area contributed by atoms with Gasteiger partial charge in [0.1, 0.15) is 0 Å². The van der Waals surface area contributed by atoms with Gasteiger partial charge in [-0.25, -0.2) is 4.98 Å². The fourth-order valence-electron chi connectivity index (χ4n) is 2.24. The van der Waals surface area contributed by atoms with Crippen LogP contribution in [0.1, 0.15) is 32.4 Å². The number of pyridine rings is 1. The molecule has 1 aliphatic carbocycles. The average Bonchev–Trinajstić information content (AvgIpc) is 3.00. The van der Waals surface area contributed by atoms with E-state index in [1.807, 2.05) is 0 Å². The van der Waals surface area contributed by atoms with Crippen LogP contribution in [0.2, 0.25) is 0 Å². The van der Waals surface area contributed by atoms with Gasteiger partial charge in [-0.3, -0.25) is 9.78 Å². The number of carbonyl (C=O) groups is 1. The lowest BCUT2D eigenvalue weighted by atomic mass is 10.2. The molecule has 1 aliphatic rings. The van der Waals surface area contributed by atoms with Crippen molar-refractivity contribution in [3.05, 3.63) is 45.7 Å². The van der Waals surface area contributed by atoms with Crippen LogP contribution in [0.25, 0.3) is 0 Å². The second kappa shape index (κ2) is 5.48. The van der Waals surface area contributed by atoms with Crippen molar-refractivity contribution < 1.29 is 4.79 Å². The molecule has 0 aliphatic heterocycles. The van der Waals surface area contributed by atoms with E-state index in [0.717, 1.165) is 17.8 Å². The smallest absolute Gasteiger partial charge is 0.251 e. The number of thiazole rings is 1. The molecule has 2 aromatic rings. The monoisotopic (exact) mass is 273 g/mol. The molecule has 0 saturated heterocycles. The highest BCUT2D eigenvalue weighted by Crippen LogP contribution is 2.27. The average molecular weight is 273 g/mol. The molecule has 2 heterocycles. The van der Waals surface area contributed by atoms with Crippen molar-refractivity contribution in [2.75, 3.05) is 6.54 Å². The van der Waals surface area contributed by atoms with Crippen molar-refractivity contribution in [2.45, 2.75) is 25.7 Å². The summed E-state index contributed by atoms with van der Waals surface area (Å²) in [6.45, 7) is 0.632. The highest BCUT2D eigenvalue weighted by Gasteiger charge is 2.16. The van der Waals surface area contributed by atoms with Gasteiger partial charge in [-0.1, -0.05) is 0 Å². The first kappa shape index (κ1) is 12.3. The normalized spacial score (nSPS) is 13.3. The second-order valence-electron chi connectivity index (χ2n) is 4.57. The van der Waals surface area contributed by atoms with E-state index < -0.39 is 0 Å². The molecule has 98 valence electrons. The predicted octanol–water partition coefficient (Wildman–Crippen LogP) is 2.00. The molecule has 0 saturated carbocycles. The van der Waals surface area contributed by atoms with Crippen molar-refractivity contribution in [3.8, 4) is 0 Å². The summed E-state index contributed by atoms with van der Waals surface area (Å²) in [6, 6.07) is 3.43. The van der Waals surface area contributed by atoms with E-state index in [9.17, 15) is 4.79 Å². The predicted molar refractivity (Wildman–Crippen MR) is 74.4 cm³/mol. The van der Waals surface area contributed by atoms with Crippen LogP contribution in [0.5, 0.6) is 0 Å². The lowest BCUT2D eigenvalue weighted by molar-refractivity contribution is 0.0954. The maximum atomic E-state index is 11.8. The van der Waals surface area contributed by atoms with E-state index in [1.165, 1.54) is 23.4 Å². The summed E-state index contributed by atoms with van der Waals surface area (Å²) >= 11 is 1.80. The van der Waals surface area contributed by atoms with E-state index in [2.05, 4.69) is 15.3 Å². The molecular formula is C14H15N3OS. The van der Waals surface area contributed by atoms with Gasteiger partial charge in [0.05, 0.1) is 10.7 Å². The Hall–Kier alpha value is -1.75. The molecule has 1 N–H and O–H groups in total. The molecule has 1 amide bonds. The Balaban J connectivity index is 1.51. The summed E-state index contributed by atoms with van der Waals surface area (Å²) in [4.78, 5) is 21.8. The topological polar surface area (TPSA) is 54.9 Å². The third-order valence-corrected chi connectivity index (χ3v) is 4.42. The summed E-state index contributed by atoms with van der Waals surface area (Å²) in [5.41, 5.74) is 1.93. The minimum absolute atomic E-state index is 0.0495. The number of fused-ring (bicyclic) bond motifs is 1. The number of hydrogen-bond donors (Lipinski definition) is 1. The van der Waals surface area contributed by atoms with Crippen LogP contribution >= 0.6 is 11.3 Å². The molecule has 4 nitrogen and oxygen atoms in total. The second-order valence-corrected chi connectivity index (χ2v) is 5.74. The summed E-state index contributed by atoms with van der Waals surface area (Å²) in [5, 5.41) is 4.05. The number of aromatic nitrogens is 2. The number of amides is 1. The van der Waals surface area contributed by atoms with E-state index in [1.54, 1.807) is 35.9 Å². The number of hydrogen-bond acceptors (Lipinski definition) is 4. The summed E-state index contributed by atoms with van der Waals surface area (Å²) < 4.78 is 0.